The number of aryl methyl sites for hydroxylation is 1. The van der Waals surface area contributed by atoms with E-state index in [1.165, 1.54) is 4.90 Å². The van der Waals surface area contributed by atoms with Gasteiger partial charge in [0, 0.05) is 18.9 Å². The van der Waals surface area contributed by atoms with E-state index in [1.54, 1.807) is 20.1 Å². The third-order valence-electron chi connectivity index (χ3n) is 13.7. The highest BCUT2D eigenvalue weighted by atomic mass is 32.2. The summed E-state index contributed by atoms with van der Waals surface area (Å²) in [5, 5.41) is 2.91. The van der Waals surface area contributed by atoms with E-state index < -0.39 is 56.3 Å². The molecule has 0 spiro atoms. The number of nitrogens with zero attached hydrogens (tertiary/aromatic N) is 3. The van der Waals surface area contributed by atoms with Gasteiger partial charge in [-0.15, -0.1) is 0 Å². The molecule has 3 aliphatic heterocycles. The first-order valence-electron chi connectivity index (χ1n) is 21.4. The van der Waals surface area contributed by atoms with Crippen LogP contribution < -0.4 is 19.5 Å². The molecule has 4 heterocycles. The van der Waals surface area contributed by atoms with Crippen molar-refractivity contribution in [2.75, 3.05) is 13.7 Å². The van der Waals surface area contributed by atoms with E-state index in [0.29, 0.717) is 66.9 Å². The van der Waals surface area contributed by atoms with Crippen molar-refractivity contribution in [3.63, 3.8) is 0 Å². The van der Waals surface area contributed by atoms with E-state index in [-0.39, 0.29) is 43.1 Å². The minimum absolute atomic E-state index is 0.0414. The predicted octanol–water partition coefficient (Wildman–Crippen LogP) is 5.85. The topological polar surface area (TPSA) is 183 Å². The van der Waals surface area contributed by atoms with Crippen LogP contribution in [0.2, 0.25) is 0 Å². The van der Waals surface area contributed by atoms with E-state index in [4.69, 9.17) is 24.2 Å². The van der Waals surface area contributed by atoms with Gasteiger partial charge in [-0.1, -0.05) is 37.8 Å². The maximum atomic E-state index is 14.8. The molecule has 8 rings (SSSR count). The van der Waals surface area contributed by atoms with Gasteiger partial charge in [0.2, 0.25) is 27.7 Å². The van der Waals surface area contributed by atoms with E-state index in [1.807, 2.05) is 24.3 Å². The zero-order valence-electron chi connectivity index (χ0n) is 33.7. The van der Waals surface area contributed by atoms with Crippen molar-refractivity contribution in [2.45, 2.75) is 152 Å². The molecule has 2 aromatic rings. The van der Waals surface area contributed by atoms with Crippen LogP contribution >= 0.6 is 0 Å². The lowest BCUT2D eigenvalue weighted by atomic mass is 9.91. The summed E-state index contributed by atoms with van der Waals surface area (Å²) >= 11 is 0. The molecule has 1 aromatic carbocycles. The normalized spacial score (nSPS) is 32.4. The van der Waals surface area contributed by atoms with Gasteiger partial charge in [-0.25, -0.2) is 23.2 Å². The fraction of sp³-hybridized carbons (Fsp3) is 0.674. The van der Waals surface area contributed by atoms with E-state index >= 15 is 0 Å². The number of benzene rings is 1. The van der Waals surface area contributed by atoms with E-state index in [2.05, 4.69) is 10.0 Å². The number of carbonyl (C=O) groups is 4. The number of fused-ring (bicyclic) bond motifs is 6. The molecule has 58 heavy (non-hydrogen) atoms. The lowest BCUT2D eigenvalue weighted by Crippen LogP contribution is -2.53. The number of amides is 3. The number of carbonyl (C=O) groups excluding carboxylic acids is 4. The van der Waals surface area contributed by atoms with Gasteiger partial charge in [-0.05, 0) is 108 Å². The lowest BCUT2D eigenvalue weighted by Gasteiger charge is -2.30. The van der Waals surface area contributed by atoms with Crippen LogP contribution in [-0.4, -0.2) is 89.7 Å². The van der Waals surface area contributed by atoms with Crippen LogP contribution in [0.1, 0.15) is 122 Å². The lowest BCUT2D eigenvalue weighted by molar-refractivity contribution is -0.140. The van der Waals surface area contributed by atoms with Crippen molar-refractivity contribution < 1.29 is 41.8 Å². The molecule has 1 aromatic heterocycles. The first kappa shape index (κ1) is 40.5. The van der Waals surface area contributed by atoms with Crippen LogP contribution in [0.5, 0.6) is 11.6 Å². The molecule has 0 radical (unpaired) electrons. The largest absolute Gasteiger partial charge is 0.497 e. The number of hydrogen-bond acceptors (Lipinski definition) is 11. The average Bonchev–Trinajstić information content (AvgIpc) is 4.00. The van der Waals surface area contributed by atoms with Crippen LogP contribution in [0.3, 0.4) is 0 Å². The van der Waals surface area contributed by atoms with Gasteiger partial charge in [0.1, 0.15) is 29.7 Å². The minimum Gasteiger partial charge on any atom is -0.497 e. The Balaban J connectivity index is 1.14. The average molecular weight is 820 g/mol. The number of alkyl carbamates (subject to hydrolysis) is 1. The SMILES string of the molecule is COc1ccc2nc3c(nc2c1)O[C@@H]1C[C@H]2C(=O)C[C@]4(C(=O)NS(=O)(=O)C5(C)CC5)CC4/C=C\CCCCC[C@H](NC(=O)O[C@@H]4CCC[C@H]4CCCCC3)C(=O)N2C1. The Hall–Kier alpha value is -4.27. The summed E-state index contributed by atoms with van der Waals surface area (Å²) in [7, 11) is -2.36. The Kier molecular flexibility index (Phi) is 11.5. The molecule has 3 saturated carbocycles. The number of sulfonamides is 1. The Morgan fingerprint density at radius 3 is 2.57 bits per heavy atom. The van der Waals surface area contributed by atoms with Gasteiger partial charge < -0.3 is 24.4 Å². The number of nitrogens with one attached hydrogen (secondary N) is 2. The highest BCUT2D eigenvalue weighted by molar-refractivity contribution is 7.91. The first-order chi connectivity index (χ1) is 27.9. The molecule has 7 atom stereocenters. The molecule has 2 N–H and O–H groups in total. The third-order valence-corrected chi connectivity index (χ3v) is 15.8. The summed E-state index contributed by atoms with van der Waals surface area (Å²) in [5.74, 6) is -0.555. The summed E-state index contributed by atoms with van der Waals surface area (Å²) < 4.78 is 46.0. The van der Waals surface area contributed by atoms with Gasteiger partial charge >= 0.3 is 6.09 Å². The number of allylic oxidation sites excluding steroid dienone is 2. The van der Waals surface area contributed by atoms with Crippen molar-refractivity contribution in [2.24, 2.45) is 17.3 Å². The maximum Gasteiger partial charge on any atom is 0.408 e. The predicted molar refractivity (Wildman–Crippen MR) is 214 cm³/mol. The number of ether oxygens (including phenoxy) is 3. The summed E-state index contributed by atoms with van der Waals surface area (Å²) in [6.07, 6.45) is 14.0. The fourth-order valence-electron chi connectivity index (χ4n) is 9.56. The standard InChI is InChI=1S/C43H57N5O9S/c1-42(20-21-42)58(53,54)47-40(51)43-24-28(43)14-8-4-3-5-9-16-33-39(50)48-26-30(23-35(48)36(49)25-43)56-38-32(44-31-19-18-29(55-2)22-34(31)45-38)15-10-6-7-12-27-13-11-17-37(27)57-41(52)46-33/h8,14,18-19,22,27-28,30,33,35,37H,3-7,9-13,15-17,20-21,23-26H2,1-2H3,(H,46,52)(H,47,51)/b14-8-/t27-,28?,30-,33+,35+,37-,43-/m1/s1. The molecule has 14 nitrogen and oxygen atoms in total. The monoisotopic (exact) mass is 819 g/mol. The molecular formula is C43H57N5O9S. The number of hydrogen-bond donors (Lipinski definition) is 2. The number of ketones is 1. The highest BCUT2D eigenvalue weighted by Crippen LogP contribution is 2.57. The molecular weight excluding hydrogens is 763 g/mol. The Bertz CT molecular complexity index is 2070. The Labute approximate surface area is 340 Å². The molecule has 4 fully saturated rings. The number of aromatic nitrogens is 2. The van der Waals surface area contributed by atoms with Crippen molar-refractivity contribution in [3.8, 4) is 11.6 Å². The first-order valence-corrected chi connectivity index (χ1v) is 22.9. The number of rotatable bonds is 4. The summed E-state index contributed by atoms with van der Waals surface area (Å²) in [6.45, 7) is 1.66. The molecule has 3 aliphatic carbocycles. The third kappa shape index (κ3) is 8.42. The highest BCUT2D eigenvalue weighted by Gasteiger charge is 2.62. The van der Waals surface area contributed by atoms with Crippen LogP contribution in [0.15, 0.2) is 30.4 Å². The summed E-state index contributed by atoms with van der Waals surface area (Å²) in [5.41, 5.74) is 0.725. The molecule has 314 valence electrons. The van der Waals surface area contributed by atoms with Crippen LogP contribution in [0.25, 0.3) is 11.0 Å². The van der Waals surface area contributed by atoms with Gasteiger partial charge in [0.25, 0.3) is 0 Å². The molecule has 1 saturated heterocycles. The van der Waals surface area contributed by atoms with Crippen molar-refractivity contribution in [1.29, 1.82) is 0 Å². The van der Waals surface area contributed by atoms with Gasteiger partial charge in [-0.3, -0.25) is 19.1 Å². The number of Topliss-reactive ketones (excluding diaryl/α,β-unsaturated/α-hetero) is 1. The van der Waals surface area contributed by atoms with Gasteiger partial charge in [0.15, 0.2) is 5.78 Å². The Morgan fingerprint density at radius 2 is 1.76 bits per heavy atom. The smallest absolute Gasteiger partial charge is 0.408 e. The Morgan fingerprint density at radius 1 is 0.966 bits per heavy atom. The zero-order chi connectivity index (χ0) is 40.7. The van der Waals surface area contributed by atoms with Gasteiger partial charge in [-0.2, -0.15) is 0 Å². The quantitative estimate of drug-likeness (QED) is 0.353. The van der Waals surface area contributed by atoms with E-state index in [9.17, 15) is 27.6 Å². The second kappa shape index (κ2) is 16.4. The van der Waals surface area contributed by atoms with Crippen LogP contribution in [0.4, 0.5) is 4.79 Å². The van der Waals surface area contributed by atoms with E-state index in [0.717, 1.165) is 64.2 Å². The van der Waals surface area contributed by atoms with Crippen molar-refractivity contribution in [3.05, 3.63) is 36.0 Å². The summed E-state index contributed by atoms with van der Waals surface area (Å²) in [4.78, 5) is 68.4. The minimum atomic E-state index is -3.95. The molecule has 6 aliphatic rings. The van der Waals surface area contributed by atoms with Crippen LogP contribution in [0, 0.1) is 17.3 Å². The second-order valence-electron chi connectivity index (χ2n) is 17.8. The molecule has 3 amide bonds. The molecule has 15 heteroatoms. The zero-order valence-corrected chi connectivity index (χ0v) is 34.5. The molecule has 3 bridgehead atoms. The fourth-order valence-corrected chi connectivity index (χ4v) is 10.9. The maximum absolute atomic E-state index is 14.8. The van der Waals surface area contributed by atoms with Crippen molar-refractivity contribution in [1.82, 2.24) is 24.9 Å². The van der Waals surface area contributed by atoms with Crippen LogP contribution in [-0.2, 0) is 35.6 Å². The van der Waals surface area contributed by atoms with Crippen molar-refractivity contribution >= 4 is 44.7 Å². The summed E-state index contributed by atoms with van der Waals surface area (Å²) in [6, 6.07) is 3.57. The number of methoxy groups -OCH3 is 1. The second-order valence-corrected chi connectivity index (χ2v) is 20.0. The van der Waals surface area contributed by atoms with Gasteiger partial charge in [0.05, 0.1) is 40.9 Å². The molecule has 1 unspecified atom stereocenters.